The quantitative estimate of drug-likeness (QED) is 0.795. The van der Waals surface area contributed by atoms with Gasteiger partial charge in [-0.15, -0.1) is 0 Å². The predicted molar refractivity (Wildman–Crippen MR) is 94.3 cm³/mol. The van der Waals surface area contributed by atoms with Crippen molar-refractivity contribution in [1.29, 1.82) is 0 Å². The Balaban J connectivity index is 1.81. The first-order valence-electron chi connectivity index (χ1n) is 8.23. The van der Waals surface area contributed by atoms with E-state index < -0.39 is 11.4 Å². The molecular formula is C20H17NO4. The summed E-state index contributed by atoms with van der Waals surface area (Å²) in [6.07, 6.45) is 3.22. The number of carboxylic acids is 1. The molecule has 0 saturated heterocycles. The third kappa shape index (κ3) is 2.78. The van der Waals surface area contributed by atoms with Crippen LogP contribution in [0.2, 0.25) is 0 Å². The first-order chi connectivity index (χ1) is 12.1. The fourth-order valence-electron chi connectivity index (χ4n) is 3.39. The third-order valence-corrected chi connectivity index (χ3v) is 4.55. The van der Waals surface area contributed by atoms with Crippen LogP contribution in [0, 0.1) is 0 Å². The van der Waals surface area contributed by atoms with E-state index in [-0.39, 0.29) is 5.56 Å². The summed E-state index contributed by atoms with van der Waals surface area (Å²) in [6, 6.07) is 13.4. The van der Waals surface area contributed by atoms with Gasteiger partial charge in [-0.25, -0.2) is 4.79 Å². The van der Waals surface area contributed by atoms with Gasteiger partial charge in [0, 0.05) is 12.7 Å². The highest BCUT2D eigenvalue weighted by molar-refractivity contribution is 5.94. The summed E-state index contributed by atoms with van der Waals surface area (Å²) < 4.78 is 7.74. The minimum absolute atomic E-state index is 0.194. The number of pyridine rings is 1. The molecule has 0 spiro atoms. The Hall–Kier alpha value is -3.08. The Kier molecular flexibility index (Phi) is 3.76. The van der Waals surface area contributed by atoms with E-state index in [4.69, 9.17) is 4.74 Å². The number of benzene rings is 2. The largest absolute Gasteiger partial charge is 0.489 e. The number of carboxylic acid groups (broad SMARTS) is 1. The standard InChI is InChI=1S/C20H17NO4/c22-19-16-10-15(25-12-13-5-2-1-3-6-13)9-14-7-4-8-21(18(14)16)11-17(19)20(23)24/h1-3,5-6,9-11H,4,7-8,12H2,(H,23,24). The van der Waals surface area contributed by atoms with E-state index in [1.54, 1.807) is 6.07 Å². The summed E-state index contributed by atoms with van der Waals surface area (Å²) in [5.74, 6) is -0.599. The first-order valence-corrected chi connectivity index (χ1v) is 8.23. The minimum Gasteiger partial charge on any atom is -0.489 e. The van der Waals surface area contributed by atoms with Gasteiger partial charge in [0.15, 0.2) is 0 Å². The van der Waals surface area contributed by atoms with Crippen molar-refractivity contribution in [3.8, 4) is 5.75 Å². The molecule has 1 aliphatic rings. The van der Waals surface area contributed by atoms with Crippen molar-refractivity contribution >= 4 is 16.9 Å². The van der Waals surface area contributed by atoms with Crippen LogP contribution in [0.5, 0.6) is 5.75 Å². The zero-order chi connectivity index (χ0) is 17.4. The lowest BCUT2D eigenvalue weighted by atomic mass is 9.99. The van der Waals surface area contributed by atoms with Crippen LogP contribution in [0.3, 0.4) is 0 Å². The van der Waals surface area contributed by atoms with Crippen LogP contribution in [-0.2, 0) is 19.6 Å². The molecule has 0 saturated carbocycles. The average molecular weight is 335 g/mol. The smallest absolute Gasteiger partial charge is 0.341 e. The molecule has 5 heteroatoms. The Bertz CT molecular complexity index is 1020. The van der Waals surface area contributed by atoms with Crippen LogP contribution < -0.4 is 10.2 Å². The summed E-state index contributed by atoms with van der Waals surface area (Å²) in [4.78, 5) is 24.0. The molecule has 2 aromatic carbocycles. The zero-order valence-corrected chi connectivity index (χ0v) is 13.6. The van der Waals surface area contributed by atoms with Crippen LogP contribution in [0.15, 0.2) is 53.5 Å². The van der Waals surface area contributed by atoms with Gasteiger partial charge in [-0.05, 0) is 36.1 Å². The minimum atomic E-state index is -1.20. The second kappa shape index (κ2) is 6.09. The van der Waals surface area contributed by atoms with Gasteiger partial charge < -0.3 is 14.4 Å². The topological polar surface area (TPSA) is 68.5 Å². The second-order valence-electron chi connectivity index (χ2n) is 6.23. The van der Waals surface area contributed by atoms with Gasteiger partial charge in [-0.3, -0.25) is 4.79 Å². The van der Waals surface area contributed by atoms with Crippen molar-refractivity contribution in [3.05, 3.63) is 75.6 Å². The van der Waals surface area contributed by atoms with Crippen molar-refractivity contribution in [1.82, 2.24) is 4.57 Å². The van der Waals surface area contributed by atoms with Crippen molar-refractivity contribution in [2.75, 3.05) is 0 Å². The normalized spacial score (nSPS) is 13.0. The molecule has 1 aromatic heterocycles. The lowest BCUT2D eigenvalue weighted by Crippen LogP contribution is -2.22. The number of carbonyl (C=O) groups is 1. The average Bonchev–Trinajstić information content (AvgIpc) is 2.63. The van der Waals surface area contributed by atoms with Crippen LogP contribution >= 0.6 is 0 Å². The lowest BCUT2D eigenvalue weighted by molar-refractivity contribution is 0.0694. The van der Waals surface area contributed by atoms with Crippen LogP contribution in [-0.4, -0.2) is 15.6 Å². The Morgan fingerprint density at radius 2 is 2.00 bits per heavy atom. The van der Waals surface area contributed by atoms with Crippen molar-refractivity contribution < 1.29 is 14.6 Å². The van der Waals surface area contributed by atoms with Gasteiger partial charge in [0.25, 0.3) is 0 Å². The molecule has 126 valence electrons. The van der Waals surface area contributed by atoms with Gasteiger partial charge in [-0.2, -0.15) is 0 Å². The Morgan fingerprint density at radius 3 is 2.76 bits per heavy atom. The molecule has 0 radical (unpaired) electrons. The molecule has 4 rings (SSSR count). The number of hydrogen-bond donors (Lipinski definition) is 1. The van der Waals surface area contributed by atoms with E-state index in [0.29, 0.717) is 24.3 Å². The van der Waals surface area contributed by atoms with Crippen molar-refractivity contribution in [2.24, 2.45) is 0 Å². The predicted octanol–water partition coefficient (Wildman–Crippen LogP) is 3.22. The highest BCUT2D eigenvalue weighted by atomic mass is 16.5. The van der Waals surface area contributed by atoms with E-state index in [0.717, 1.165) is 29.5 Å². The Labute approximate surface area is 144 Å². The second-order valence-corrected chi connectivity index (χ2v) is 6.23. The number of rotatable bonds is 4. The van der Waals surface area contributed by atoms with Crippen molar-refractivity contribution in [2.45, 2.75) is 26.0 Å². The molecule has 1 N–H and O–H groups in total. The fourth-order valence-corrected chi connectivity index (χ4v) is 3.39. The summed E-state index contributed by atoms with van der Waals surface area (Å²) in [7, 11) is 0. The van der Waals surface area contributed by atoms with E-state index in [1.807, 2.05) is 41.0 Å². The van der Waals surface area contributed by atoms with Crippen LogP contribution in [0.25, 0.3) is 10.9 Å². The molecule has 0 atom stereocenters. The van der Waals surface area contributed by atoms with Crippen molar-refractivity contribution in [3.63, 3.8) is 0 Å². The highest BCUT2D eigenvalue weighted by Crippen LogP contribution is 2.29. The first kappa shape index (κ1) is 15.4. The van der Waals surface area contributed by atoms with E-state index in [9.17, 15) is 14.7 Å². The lowest BCUT2D eigenvalue weighted by Gasteiger charge is -2.21. The van der Waals surface area contributed by atoms with Gasteiger partial charge in [0.2, 0.25) is 5.43 Å². The molecule has 2 heterocycles. The summed E-state index contributed by atoms with van der Waals surface area (Å²) in [5.41, 5.74) is 2.25. The monoisotopic (exact) mass is 335 g/mol. The molecule has 0 aliphatic carbocycles. The third-order valence-electron chi connectivity index (χ3n) is 4.55. The molecular weight excluding hydrogens is 318 g/mol. The van der Waals surface area contributed by atoms with Gasteiger partial charge in [0.05, 0.1) is 10.9 Å². The maximum Gasteiger partial charge on any atom is 0.341 e. The maximum absolute atomic E-state index is 12.6. The molecule has 0 bridgehead atoms. The number of ether oxygens (including phenoxy) is 1. The van der Waals surface area contributed by atoms with Gasteiger partial charge >= 0.3 is 5.97 Å². The van der Waals surface area contributed by atoms with E-state index in [1.165, 1.54) is 6.20 Å². The molecule has 5 nitrogen and oxygen atoms in total. The number of aromatic carboxylic acids is 1. The number of nitrogens with zero attached hydrogens (tertiary/aromatic N) is 1. The summed E-state index contributed by atoms with van der Waals surface area (Å²) in [5, 5.41) is 9.73. The molecule has 1 aliphatic heterocycles. The molecule has 25 heavy (non-hydrogen) atoms. The van der Waals surface area contributed by atoms with Gasteiger partial charge in [0.1, 0.15) is 17.9 Å². The molecule has 3 aromatic rings. The number of aryl methyl sites for hydroxylation is 2. The van der Waals surface area contributed by atoms with Crippen LogP contribution in [0.4, 0.5) is 0 Å². The van der Waals surface area contributed by atoms with Crippen LogP contribution in [0.1, 0.15) is 27.9 Å². The SMILES string of the molecule is O=C(O)c1cn2c3c(cc(OCc4ccccc4)cc3c1=O)CCC2. The van der Waals surface area contributed by atoms with Gasteiger partial charge in [-0.1, -0.05) is 30.3 Å². The summed E-state index contributed by atoms with van der Waals surface area (Å²) in [6.45, 7) is 1.12. The maximum atomic E-state index is 12.6. The molecule has 0 fully saturated rings. The number of hydrogen-bond acceptors (Lipinski definition) is 3. The molecule has 0 unspecified atom stereocenters. The van der Waals surface area contributed by atoms with E-state index >= 15 is 0 Å². The number of aromatic nitrogens is 1. The Morgan fingerprint density at radius 1 is 1.20 bits per heavy atom. The van der Waals surface area contributed by atoms with E-state index in [2.05, 4.69) is 0 Å². The highest BCUT2D eigenvalue weighted by Gasteiger charge is 2.20. The summed E-state index contributed by atoms with van der Waals surface area (Å²) >= 11 is 0. The fraction of sp³-hybridized carbons (Fsp3) is 0.200. The molecule has 0 amide bonds. The zero-order valence-electron chi connectivity index (χ0n) is 13.6.